The minimum absolute atomic E-state index is 0.0146. The Morgan fingerprint density at radius 1 is 1.21 bits per heavy atom. The lowest BCUT2D eigenvalue weighted by Gasteiger charge is -2.29. The maximum atomic E-state index is 10.7. The number of carboxylic acid groups (broad SMARTS) is 1. The second-order valence-corrected chi connectivity index (χ2v) is 8.54. The molecule has 156 valence electrons. The number of rotatable bonds is 8. The minimum Gasteiger partial charge on any atom is -0.480 e. The molecule has 9 heteroatoms. The summed E-state index contributed by atoms with van der Waals surface area (Å²) in [6.07, 6.45) is 10.8. The van der Waals surface area contributed by atoms with Gasteiger partial charge in [0, 0.05) is 30.4 Å². The molecule has 2 saturated carbocycles. The molecule has 0 atom stereocenters. The molecular formula is C20H27ClN6O2. The first-order valence-electron chi connectivity index (χ1n) is 10.2. The van der Waals surface area contributed by atoms with E-state index in [-0.39, 0.29) is 18.6 Å². The van der Waals surface area contributed by atoms with Gasteiger partial charge in [-0.05, 0) is 50.9 Å². The summed E-state index contributed by atoms with van der Waals surface area (Å²) in [5.74, 6) is 0.503. The van der Waals surface area contributed by atoms with E-state index < -0.39 is 5.97 Å². The molecule has 0 saturated heterocycles. The van der Waals surface area contributed by atoms with Gasteiger partial charge in [0.15, 0.2) is 0 Å². The number of carbonyl (C=O) groups is 1. The number of anilines is 1. The molecule has 2 heterocycles. The van der Waals surface area contributed by atoms with Crippen molar-refractivity contribution in [2.45, 2.75) is 57.0 Å². The maximum Gasteiger partial charge on any atom is 0.317 e. The number of aliphatic carboxylic acids is 1. The molecule has 0 aromatic carbocycles. The van der Waals surface area contributed by atoms with Gasteiger partial charge in [-0.1, -0.05) is 11.6 Å². The zero-order chi connectivity index (χ0) is 20.4. The summed E-state index contributed by atoms with van der Waals surface area (Å²) in [6.45, 7) is 0.0146. The molecule has 2 fully saturated rings. The molecule has 0 unspecified atom stereocenters. The average molecular weight is 419 g/mol. The van der Waals surface area contributed by atoms with Crippen molar-refractivity contribution in [3.05, 3.63) is 23.1 Å². The Bertz CT molecular complexity index is 874. The average Bonchev–Trinajstić information content (AvgIpc) is 3.45. The normalized spacial score (nSPS) is 21.9. The number of carboxylic acids is 1. The van der Waals surface area contributed by atoms with Gasteiger partial charge in [-0.15, -0.1) is 0 Å². The van der Waals surface area contributed by atoms with Crippen LogP contribution in [-0.4, -0.2) is 49.5 Å². The number of nitrogens with zero attached hydrogens (tertiary/aromatic N) is 4. The van der Waals surface area contributed by atoms with E-state index in [0.29, 0.717) is 11.0 Å². The highest BCUT2D eigenvalue weighted by Crippen LogP contribution is 2.37. The number of hydrogen-bond acceptors (Lipinski definition) is 6. The molecule has 4 rings (SSSR count). The van der Waals surface area contributed by atoms with Gasteiger partial charge in [0.05, 0.1) is 29.7 Å². The largest absolute Gasteiger partial charge is 0.480 e. The predicted molar refractivity (Wildman–Crippen MR) is 111 cm³/mol. The first kappa shape index (κ1) is 20.1. The molecule has 2 aromatic rings. The van der Waals surface area contributed by atoms with Crippen LogP contribution in [-0.2, 0) is 18.3 Å². The van der Waals surface area contributed by atoms with E-state index in [2.05, 4.69) is 20.7 Å². The molecule has 2 aliphatic carbocycles. The predicted octanol–water partition coefficient (Wildman–Crippen LogP) is 2.88. The number of nitrogens with one attached hydrogen (secondary N) is 2. The number of hydrogen-bond donors (Lipinski definition) is 3. The van der Waals surface area contributed by atoms with Gasteiger partial charge in [0.2, 0.25) is 5.95 Å². The van der Waals surface area contributed by atoms with E-state index in [1.807, 2.05) is 17.9 Å². The van der Waals surface area contributed by atoms with Crippen LogP contribution in [0.15, 0.2) is 12.4 Å². The molecular weight excluding hydrogens is 392 g/mol. The van der Waals surface area contributed by atoms with Gasteiger partial charge < -0.3 is 15.7 Å². The second-order valence-electron chi connectivity index (χ2n) is 8.13. The van der Waals surface area contributed by atoms with Crippen LogP contribution < -0.4 is 10.6 Å². The fraction of sp³-hybridized carbons (Fsp3) is 0.600. The van der Waals surface area contributed by atoms with Crippen molar-refractivity contribution in [3.63, 3.8) is 0 Å². The van der Waals surface area contributed by atoms with Crippen molar-refractivity contribution in [2.24, 2.45) is 13.0 Å². The SMILES string of the molecule is Cn1ncc(-c2nc(N[C@H]3CC[C@H](NCC(=O)O)CC3)ncc2Cl)c1CC1CC1. The standard InChI is InChI=1S/C20H27ClN6O2/c1-27-17(8-12-2-3-12)15(9-24-27)19-16(21)10-23-20(26-19)25-14-6-4-13(5-7-14)22-11-18(28)29/h9-10,12-14,22H,2-8,11H2,1H3,(H,28,29)(H,23,25,26)/t13-,14-. The summed E-state index contributed by atoms with van der Waals surface area (Å²) in [6, 6.07) is 0.526. The molecule has 0 bridgehead atoms. The summed E-state index contributed by atoms with van der Waals surface area (Å²) in [7, 11) is 1.96. The monoisotopic (exact) mass is 418 g/mol. The van der Waals surface area contributed by atoms with E-state index in [9.17, 15) is 4.79 Å². The third-order valence-electron chi connectivity index (χ3n) is 5.84. The Hall–Kier alpha value is -2.19. The Labute approximate surface area is 175 Å². The van der Waals surface area contributed by atoms with Crippen LogP contribution >= 0.6 is 11.6 Å². The lowest BCUT2D eigenvalue weighted by atomic mass is 9.91. The van der Waals surface area contributed by atoms with Gasteiger partial charge in [-0.2, -0.15) is 5.10 Å². The summed E-state index contributed by atoms with van der Waals surface area (Å²) in [5, 5.41) is 20.3. The Kier molecular flexibility index (Phi) is 6.01. The van der Waals surface area contributed by atoms with Crippen molar-refractivity contribution in [1.82, 2.24) is 25.1 Å². The highest BCUT2D eigenvalue weighted by molar-refractivity contribution is 6.32. The topological polar surface area (TPSA) is 105 Å². The zero-order valence-electron chi connectivity index (χ0n) is 16.6. The van der Waals surface area contributed by atoms with E-state index in [1.165, 1.54) is 18.5 Å². The van der Waals surface area contributed by atoms with Gasteiger partial charge in [-0.3, -0.25) is 9.48 Å². The maximum absolute atomic E-state index is 10.7. The highest BCUT2D eigenvalue weighted by atomic mass is 35.5. The third-order valence-corrected chi connectivity index (χ3v) is 6.12. The quantitative estimate of drug-likeness (QED) is 0.605. The zero-order valence-corrected chi connectivity index (χ0v) is 17.3. The first-order valence-corrected chi connectivity index (χ1v) is 10.6. The molecule has 0 amide bonds. The van der Waals surface area contributed by atoms with Crippen LogP contribution in [0.2, 0.25) is 5.02 Å². The van der Waals surface area contributed by atoms with Gasteiger partial charge >= 0.3 is 5.97 Å². The van der Waals surface area contributed by atoms with Gasteiger partial charge in [0.1, 0.15) is 0 Å². The molecule has 0 aliphatic heterocycles. The first-order chi connectivity index (χ1) is 14.0. The number of aromatic nitrogens is 4. The molecule has 3 N–H and O–H groups in total. The van der Waals surface area contributed by atoms with Crippen LogP contribution in [0.25, 0.3) is 11.3 Å². The van der Waals surface area contributed by atoms with Crippen molar-refractivity contribution < 1.29 is 9.90 Å². The fourth-order valence-electron chi connectivity index (χ4n) is 3.98. The molecule has 8 nitrogen and oxygen atoms in total. The van der Waals surface area contributed by atoms with Crippen molar-refractivity contribution in [2.75, 3.05) is 11.9 Å². The summed E-state index contributed by atoms with van der Waals surface area (Å²) in [5.41, 5.74) is 2.88. The number of halogens is 1. The molecule has 0 spiro atoms. The Morgan fingerprint density at radius 3 is 2.62 bits per heavy atom. The second kappa shape index (κ2) is 8.67. The molecule has 29 heavy (non-hydrogen) atoms. The van der Waals surface area contributed by atoms with Crippen molar-refractivity contribution in [3.8, 4) is 11.3 Å². The summed E-state index contributed by atoms with van der Waals surface area (Å²) >= 11 is 6.44. The van der Waals surface area contributed by atoms with Crippen LogP contribution in [0.4, 0.5) is 5.95 Å². The van der Waals surface area contributed by atoms with Crippen molar-refractivity contribution >= 4 is 23.5 Å². The van der Waals surface area contributed by atoms with Crippen LogP contribution in [0.3, 0.4) is 0 Å². The Balaban J connectivity index is 1.42. The van der Waals surface area contributed by atoms with Gasteiger partial charge in [0.25, 0.3) is 0 Å². The van der Waals surface area contributed by atoms with E-state index in [1.54, 1.807) is 6.20 Å². The lowest BCUT2D eigenvalue weighted by Crippen LogP contribution is -2.39. The Morgan fingerprint density at radius 2 is 1.93 bits per heavy atom. The van der Waals surface area contributed by atoms with Crippen LogP contribution in [0, 0.1) is 5.92 Å². The van der Waals surface area contributed by atoms with E-state index >= 15 is 0 Å². The van der Waals surface area contributed by atoms with Gasteiger partial charge in [-0.25, -0.2) is 9.97 Å². The third kappa shape index (κ3) is 5.05. The molecule has 2 aromatic heterocycles. The fourth-order valence-corrected chi connectivity index (χ4v) is 4.17. The highest BCUT2D eigenvalue weighted by Gasteiger charge is 2.26. The summed E-state index contributed by atoms with van der Waals surface area (Å²) in [4.78, 5) is 19.8. The lowest BCUT2D eigenvalue weighted by molar-refractivity contribution is -0.136. The van der Waals surface area contributed by atoms with Crippen LogP contribution in [0.5, 0.6) is 0 Å². The smallest absolute Gasteiger partial charge is 0.317 e. The minimum atomic E-state index is -0.816. The van der Waals surface area contributed by atoms with E-state index in [0.717, 1.165) is 49.3 Å². The summed E-state index contributed by atoms with van der Waals surface area (Å²) < 4.78 is 1.92. The molecule has 0 radical (unpaired) electrons. The van der Waals surface area contributed by atoms with Crippen LogP contribution in [0.1, 0.15) is 44.2 Å². The number of aryl methyl sites for hydroxylation is 1. The van der Waals surface area contributed by atoms with E-state index in [4.69, 9.17) is 21.7 Å². The van der Waals surface area contributed by atoms with Crippen molar-refractivity contribution in [1.29, 1.82) is 0 Å². The molecule has 2 aliphatic rings.